The molecule has 0 bridgehead atoms. The number of carbonyl (C=O) groups excluding carboxylic acids is 1. The van der Waals surface area contributed by atoms with Crippen LogP contribution in [0.2, 0.25) is 0 Å². The molecule has 1 aromatic rings. The van der Waals surface area contributed by atoms with Gasteiger partial charge in [0, 0.05) is 6.04 Å². The maximum absolute atomic E-state index is 13.8. The Labute approximate surface area is 149 Å². The highest BCUT2D eigenvalue weighted by Gasteiger charge is 2.36. The molecule has 0 radical (unpaired) electrons. The van der Waals surface area contributed by atoms with Crippen molar-refractivity contribution in [2.75, 3.05) is 10.6 Å². The smallest absolute Gasteiger partial charge is 0.412 e. The monoisotopic (exact) mass is 348 g/mol. The van der Waals surface area contributed by atoms with Crippen LogP contribution in [0.5, 0.6) is 0 Å². The summed E-state index contributed by atoms with van der Waals surface area (Å²) >= 11 is 0. The van der Waals surface area contributed by atoms with Crippen molar-refractivity contribution in [3.8, 4) is 0 Å². The molecule has 0 aliphatic heterocycles. The molecular formula is C20H29FN2O2. The number of halogens is 1. The summed E-state index contributed by atoms with van der Waals surface area (Å²) in [6, 6.07) is 4.79. The van der Waals surface area contributed by atoms with Crippen LogP contribution in [-0.4, -0.2) is 17.7 Å². The Balaban J connectivity index is 1.74. The Morgan fingerprint density at radius 3 is 2.20 bits per heavy atom. The van der Waals surface area contributed by atoms with Gasteiger partial charge in [-0.05, 0) is 76.5 Å². The van der Waals surface area contributed by atoms with Crippen LogP contribution in [0, 0.1) is 17.7 Å². The minimum absolute atomic E-state index is 0.307. The van der Waals surface area contributed by atoms with Gasteiger partial charge >= 0.3 is 6.09 Å². The first-order valence-electron chi connectivity index (χ1n) is 9.38. The van der Waals surface area contributed by atoms with Crippen LogP contribution in [-0.2, 0) is 4.74 Å². The minimum Gasteiger partial charge on any atom is -0.444 e. The lowest BCUT2D eigenvalue weighted by molar-refractivity contribution is 0.0636. The van der Waals surface area contributed by atoms with Crippen molar-refractivity contribution >= 4 is 17.5 Å². The van der Waals surface area contributed by atoms with Crippen molar-refractivity contribution in [2.24, 2.45) is 11.8 Å². The average molecular weight is 348 g/mol. The van der Waals surface area contributed by atoms with E-state index in [1.807, 2.05) is 20.8 Å². The topological polar surface area (TPSA) is 50.4 Å². The fraction of sp³-hybridized carbons (Fsp3) is 0.650. The second-order valence-corrected chi connectivity index (χ2v) is 8.37. The first kappa shape index (κ1) is 18.0. The van der Waals surface area contributed by atoms with Crippen LogP contribution in [0.3, 0.4) is 0 Å². The lowest BCUT2D eigenvalue weighted by Crippen LogP contribution is -2.42. The van der Waals surface area contributed by atoms with Crippen LogP contribution >= 0.6 is 0 Å². The molecular weight excluding hydrogens is 319 g/mol. The van der Waals surface area contributed by atoms with Crippen LogP contribution in [0.15, 0.2) is 18.2 Å². The number of amides is 1. The number of benzene rings is 1. The third-order valence-corrected chi connectivity index (χ3v) is 5.25. The van der Waals surface area contributed by atoms with Gasteiger partial charge in [-0.2, -0.15) is 0 Å². The maximum atomic E-state index is 13.8. The largest absolute Gasteiger partial charge is 0.444 e. The lowest BCUT2D eigenvalue weighted by Gasteiger charge is -2.43. The molecule has 138 valence electrons. The summed E-state index contributed by atoms with van der Waals surface area (Å²) in [5.41, 5.74) is 0.645. The fourth-order valence-electron chi connectivity index (χ4n) is 3.56. The lowest BCUT2D eigenvalue weighted by atomic mass is 9.68. The molecule has 4 nitrogen and oxygen atoms in total. The van der Waals surface area contributed by atoms with Gasteiger partial charge in [-0.1, -0.05) is 12.8 Å². The number of carbonyl (C=O) groups is 1. The normalized spacial score (nSPS) is 18.4. The predicted molar refractivity (Wildman–Crippen MR) is 98.3 cm³/mol. The van der Waals surface area contributed by atoms with Crippen LogP contribution in [0.1, 0.15) is 59.3 Å². The van der Waals surface area contributed by atoms with E-state index in [0.29, 0.717) is 29.3 Å². The minimum atomic E-state index is -0.571. The Kier molecular flexibility index (Phi) is 5.21. The molecule has 5 heteroatoms. The van der Waals surface area contributed by atoms with Crippen LogP contribution in [0.25, 0.3) is 0 Å². The highest BCUT2D eigenvalue weighted by molar-refractivity contribution is 5.89. The Morgan fingerprint density at radius 2 is 1.72 bits per heavy atom. The van der Waals surface area contributed by atoms with Gasteiger partial charge in [0.2, 0.25) is 0 Å². The SMILES string of the molecule is CC(C)(C)OC(=O)Nc1ccc(F)cc1NC(C1CCC1)C1CCC1. The molecule has 3 rings (SSSR count). The van der Waals surface area contributed by atoms with Gasteiger partial charge < -0.3 is 10.1 Å². The van der Waals surface area contributed by atoms with E-state index in [1.165, 1.54) is 50.7 Å². The summed E-state index contributed by atoms with van der Waals surface area (Å²) in [6.07, 6.45) is 6.97. The number of hydrogen-bond acceptors (Lipinski definition) is 3. The van der Waals surface area contributed by atoms with Gasteiger partial charge in [0.25, 0.3) is 0 Å². The Hall–Kier alpha value is -1.78. The van der Waals surface area contributed by atoms with Gasteiger partial charge in [-0.25, -0.2) is 9.18 Å². The summed E-state index contributed by atoms with van der Waals surface area (Å²) in [6.45, 7) is 5.46. The predicted octanol–water partition coefficient (Wildman–Crippen LogP) is 5.55. The molecule has 0 heterocycles. The summed E-state index contributed by atoms with van der Waals surface area (Å²) in [7, 11) is 0. The quantitative estimate of drug-likeness (QED) is 0.733. The van der Waals surface area contributed by atoms with Crippen molar-refractivity contribution in [1.82, 2.24) is 0 Å². The molecule has 0 unspecified atom stereocenters. The number of hydrogen-bond donors (Lipinski definition) is 2. The third kappa shape index (κ3) is 4.65. The van der Waals surface area contributed by atoms with Gasteiger partial charge in [-0.3, -0.25) is 5.32 Å². The van der Waals surface area contributed by atoms with E-state index < -0.39 is 11.7 Å². The van der Waals surface area contributed by atoms with E-state index in [1.54, 1.807) is 6.07 Å². The second kappa shape index (κ2) is 7.22. The van der Waals surface area contributed by atoms with Crippen molar-refractivity contribution in [1.29, 1.82) is 0 Å². The molecule has 2 saturated carbocycles. The zero-order chi connectivity index (χ0) is 18.0. The Bertz CT molecular complexity index is 605. The standard InChI is InChI=1S/C20H29FN2O2/c1-20(2,3)25-19(24)23-16-11-10-15(21)12-17(16)22-18(13-6-4-7-13)14-8-5-9-14/h10-14,18,22H,4-9H2,1-3H3,(H,23,24). The van der Waals surface area contributed by atoms with E-state index in [0.717, 1.165) is 0 Å². The fourth-order valence-corrected chi connectivity index (χ4v) is 3.56. The number of rotatable bonds is 5. The molecule has 1 amide bonds. The summed E-state index contributed by atoms with van der Waals surface area (Å²) in [5.74, 6) is 1.00. The number of anilines is 2. The molecule has 2 aliphatic carbocycles. The van der Waals surface area contributed by atoms with Gasteiger partial charge in [0.15, 0.2) is 0 Å². The maximum Gasteiger partial charge on any atom is 0.412 e. The highest BCUT2D eigenvalue weighted by Crippen LogP contribution is 2.42. The first-order valence-corrected chi connectivity index (χ1v) is 9.38. The first-order chi connectivity index (χ1) is 11.8. The third-order valence-electron chi connectivity index (χ3n) is 5.25. The summed E-state index contributed by atoms with van der Waals surface area (Å²) in [4.78, 5) is 12.1. The molecule has 2 aliphatic rings. The van der Waals surface area contributed by atoms with Crippen molar-refractivity contribution in [3.05, 3.63) is 24.0 Å². The molecule has 2 N–H and O–H groups in total. The van der Waals surface area contributed by atoms with Crippen LogP contribution < -0.4 is 10.6 Å². The Morgan fingerprint density at radius 1 is 1.12 bits per heavy atom. The number of ether oxygens (including phenoxy) is 1. The number of nitrogens with one attached hydrogen (secondary N) is 2. The summed E-state index contributed by atoms with van der Waals surface area (Å²) < 4.78 is 19.1. The molecule has 0 saturated heterocycles. The molecule has 0 atom stereocenters. The van der Waals surface area contributed by atoms with E-state index >= 15 is 0 Å². The van der Waals surface area contributed by atoms with E-state index in [2.05, 4.69) is 10.6 Å². The zero-order valence-corrected chi connectivity index (χ0v) is 15.4. The van der Waals surface area contributed by atoms with Crippen molar-refractivity contribution in [2.45, 2.75) is 70.9 Å². The van der Waals surface area contributed by atoms with Crippen molar-refractivity contribution in [3.63, 3.8) is 0 Å². The molecule has 0 spiro atoms. The van der Waals surface area contributed by atoms with Gasteiger partial charge in [0.1, 0.15) is 11.4 Å². The van der Waals surface area contributed by atoms with Gasteiger partial charge in [-0.15, -0.1) is 0 Å². The average Bonchev–Trinajstić information content (AvgIpc) is 2.35. The summed E-state index contributed by atoms with van der Waals surface area (Å²) in [5, 5.41) is 6.31. The molecule has 1 aromatic carbocycles. The van der Waals surface area contributed by atoms with E-state index in [9.17, 15) is 9.18 Å². The molecule has 2 fully saturated rings. The second-order valence-electron chi connectivity index (χ2n) is 8.37. The van der Waals surface area contributed by atoms with E-state index in [4.69, 9.17) is 4.74 Å². The molecule has 0 aromatic heterocycles. The van der Waals surface area contributed by atoms with Crippen LogP contribution in [0.4, 0.5) is 20.6 Å². The van der Waals surface area contributed by atoms with Crippen molar-refractivity contribution < 1.29 is 13.9 Å². The zero-order valence-electron chi connectivity index (χ0n) is 15.4. The molecule has 25 heavy (non-hydrogen) atoms. The van der Waals surface area contributed by atoms with Gasteiger partial charge in [0.05, 0.1) is 11.4 Å². The highest BCUT2D eigenvalue weighted by atomic mass is 19.1. The van der Waals surface area contributed by atoms with E-state index in [-0.39, 0.29) is 5.82 Å².